The van der Waals surface area contributed by atoms with Crippen LogP contribution in [0.4, 0.5) is 14.9 Å². The number of urea groups is 1. The van der Waals surface area contributed by atoms with Crippen molar-refractivity contribution in [3.05, 3.63) is 82.3 Å². The Morgan fingerprint density at radius 2 is 2.00 bits per heavy atom. The zero-order valence-electron chi connectivity index (χ0n) is 14.1. The van der Waals surface area contributed by atoms with Crippen molar-refractivity contribution in [2.45, 2.75) is 19.5 Å². The Hall–Kier alpha value is -2.60. The van der Waals surface area contributed by atoms with Gasteiger partial charge in [0.25, 0.3) is 0 Å². The molecule has 0 bridgehead atoms. The van der Waals surface area contributed by atoms with Crippen molar-refractivity contribution in [2.24, 2.45) is 0 Å². The highest BCUT2D eigenvalue weighted by Crippen LogP contribution is 2.32. The molecule has 0 saturated carbocycles. The number of carbonyl (C=O) groups excluding carboxylic acids is 1. The lowest BCUT2D eigenvalue weighted by Gasteiger charge is -2.27. The molecule has 2 aromatic carbocycles. The minimum Gasteiger partial charge on any atom is -0.318 e. The van der Waals surface area contributed by atoms with E-state index in [1.807, 2.05) is 49.5 Å². The number of rotatable bonds is 1. The van der Waals surface area contributed by atoms with Crippen LogP contribution in [0.5, 0.6) is 0 Å². The van der Waals surface area contributed by atoms with Crippen LogP contribution in [-0.2, 0) is 6.54 Å². The second kappa shape index (κ2) is 6.61. The molecule has 4 rings (SSSR count). The van der Waals surface area contributed by atoms with E-state index in [0.717, 1.165) is 16.9 Å². The lowest BCUT2D eigenvalue weighted by molar-refractivity contribution is 0.189. The van der Waals surface area contributed by atoms with E-state index in [0.29, 0.717) is 11.0 Å². The first-order valence-electron chi connectivity index (χ1n) is 8.33. The predicted molar refractivity (Wildman–Crippen MR) is 103 cm³/mol. The van der Waals surface area contributed by atoms with Gasteiger partial charge in [0.15, 0.2) is 0 Å². The van der Waals surface area contributed by atoms with E-state index >= 15 is 0 Å². The number of amides is 2. The van der Waals surface area contributed by atoms with Gasteiger partial charge in [0.1, 0.15) is 5.82 Å². The van der Waals surface area contributed by atoms with Crippen molar-refractivity contribution in [3.8, 4) is 5.69 Å². The van der Waals surface area contributed by atoms with Gasteiger partial charge in [-0.3, -0.25) is 0 Å². The van der Waals surface area contributed by atoms with E-state index in [9.17, 15) is 9.18 Å². The summed E-state index contributed by atoms with van der Waals surface area (Å²) in [5.74, 6) is -0.473. The van der Waals surface area contributed by atoms with Gasteiger partial charge in [0, 0.05) is 16.4 Å². The average molecular weight is 414 g/mol. The quantitative estimate of drug-likeness (QED) is 0.562. The smallest absolute Gasteiger partial charge is 0.318 e. The summed E-state index contributed by atoms with van der Waals surface area (Å²) in [4.78, 5) is 14.7. The van der Waals surface area contributed by atoms with Gasteiger partial charge in [-0.15, -0.1) is 0 Å². The molecule has 1 aliphatic rings. The summed E-state index contributed by atoms with van der Waals surface area (Å²) >= 11 is 3.22. The molecule has 2 heterocycles. The normalized spacial score (nSPS) is 15.8. The molecule has 0 unspecified atom stereocenters. The molecular formula is C20H17BrFN3O. The van der Waals surface area contributed by atoms with Gasteiger partial charge in [-0.2, -0.15) is 0 Å². The zero-order chi connectivity index (χ0) is 18.3. The monoisotopic (exact) mass is 413 g/mol. The van der Waals surface area contributed by atoms with Crippen molar-refractivity contribution < 1.29 is 9.18 Å². The van der Waals surface area contributed by atoms with E-state index < -0.39 is 5.82 Å². The number of benzene rings is 2. The van der Waals surface area contributed by atoms with Gasteiger partial charge in [-0.05, 0) is 48.9 Å². The number of para-hydroxylation sites is 1. The fraction of sp³-hybridized carbons (Fsp3) is 0.150. The van der Waals surface area contributed by atoms with Crippen LogP contribution in [0, 0.1) is 5.82 Å². The van der Waals surface area contributed by atoms with Crippen molar-refractivity contribution >= 4 is 27.6 Å². The summed E-state index contributed by atoms with van der Waals surface area (Å²) in [7, 11) is 0. The molecule has 132 valence electrons. The molecule has 1 aromatic heterocycles. The first-order valence-corrected chi connectivity index (χ1v) is 9.12. The summed E-state index contributed by atoms with van der Waals surface area (Å²) < 4.78 is 16.8. The first kappa shape index (κ1) is 16.8. The molecular weight excluding hydrogens is 397 g/mol. The third kappa shape index (κ3) is 2.90. The Balaban J connectivity index is 1.70. The van der Waals surface area contributed by atoms with Gasteiger partial charge < -0.3 is 14.8 Å². The molecule has 0 spiro atoms. The number of anilines is 1. The summed E-state index contributed by atoms with van der Waals surface area (Å²) in [6, 6.07) is 16.1. The fourth-order valence-electron chi connectivity index (χ4n) is 3.34. The average Bonchev–Trinajstić information content (AvgIpc) is 3.07. The van der Waals surface area contributed by atoms with Gasteiger partial charge in [-0.25, -0.2) is 9.18 Å². The van der Waals surface area contributed by atoms with Crippen LogP contribution in [-0.4, -0.2) is 15.5 Å². The molecule has 0 radical (unpaired) electrons. The maximum atomic E-state index is 14.1. The van der Waals surface area contributed by atoms with Gasteiger partial charge in [-0.1, -0.05) is 34.1 Å². The van der Waals surface area contributed by atoms with Crippen LogP contribution < -0.4 is 5.32 Å². The number of fused-ring (bicyclic) bond motifs is 3. The fourth-order valence-corrected chi connectivity index (χ4v) is 3.67. The summed E-state index contributed by atoms with van der Waals surface area (Å²) in [6.45, 7) is 2.43. The van der Waals surface area contributed by atoms with Crippen molar-refractivity contribution in [2.75, 3.05) is 5.32 Å². The number of hydrogen-bond donors (Lipinski definition) is 1. The molecule has 26 heavy (non-hydrogen) atoms. The number of nitrogens with one attached hydrogen (secondary N) is 1. The molecule has 1 atom stereocenters. The van der Waals surface area contributed by atoms with Crippen LogP contribution >= 0.6 is 15.9 Å². The van der Waals surface area contributed by atoms with E-state index in [2.05, 4.69) is 25.8 Å². The van der Waals surface area contributed by atoms with Crippen LogP contribution in [0.2, 0.25) is 0 Å². The van der Waals surface area contributed by atoms with Crippen molar-refractivity contribution in [1.82, 2.24) is 9.47 Å². The van der Waals surface area contributed by atoms with Crippen LogP contribution in [0.25, 0.3) is 5.69 Å². The molecule has 0 saturated heterocycles. The Labute approximate surface area is 159 Å². The van der Waals surface area contributed by atoms with Crippen molar-refractivity contribution in [1.29, 1.82) is 0 Å². The Kier molecular flexibility index (Phi) is 4.28. The number of nitrogens with zero attached hydrogens (tertiary/aromatic N) is 2. The lowest BCUT2D eigenvalue weighted by Crippen LogP contribution is -2.36. The minimum absolute atomic E-state index is 0.157. The third-order valence-corrected chi connectivity index (χ3v) is 5.19. The highest BCUT2D eigenvalue weighted by Gasteiger charge is 2.28. The Morgan fingerprint density at radius 1 is 1.19 bits per heavy atom. The van der Waals surface area contributed by atoms with E-state index in [1.54, 1.807) is 17.0 Å². The maximum absolute atomic E-state index is 14.1. The van der Waals surface area contributed by atoms with Gasteiger partial charge >= 0.3 is 6.03 Å². The Morgan fingerprint density at radius 3 is 2.81 bits per heavy atom. The highest BCUT2D eigenvalue weighted by molar-refractivity contribution is 9.10. The number of halogens is 2. The van der Waals surface area contributed by atoms with E-state index in [4.69, 9.17) is 0 Å². The third-order valence-electron chi connectivity index (χ3n) is 4.70. The highest BCUT2D eigenvalue weighted by atomic mass is 79.9. The van der Waals surface area contributed by atoms with Crippen LogP contribution in [0.1, 0.15) is 24.2 Å². The molecule has 0 aliphatic carbocycles. The molecule has 0 fully saturated rings. The van der Waals surface area contributed by atoms with Gasteiger partial charge in [0.05, 0.1) is 24.0 Å². The molecule has 3 aromatic rings. The second-order valence-electron chi connectivity index (χ2n) is 6.29. The van der Waals surface area contributed by atoms with Gasteiger partial charge in [0.2, 0.25) is 0 Å². The molecule has 4 nitrogen and oxygen atoms in total. The molecule has 1 aliphatic heterocycles. The topological polar surface area (TPSA) is 37.3 Å². The lowest BCUT2D eigenvalue weighted by atomic mass is 10.1. The second-order valence-corrected chi connectivity index (χ2v) is 7.21. The molecule has 2 amide bonds. The minimum atomic E-state index is -0.473. The first-order chi connectivity index (χ1) is 12.5. The maximum Gasteiger partial charge on any atom is 0.322 e. The van der Waals surface area contributed by atoms with Crippen LogP contribution in [0.15, 0.2) is 65.3 Å². The number of aromatic nitrogens is 1. The number of hydrogen-bond acceptors (Lipinski definition) is 1. The standard InChI is InChI=1S/C20H17BrFN3O/c1-13-18-7-4-10-24(18)19-6-3-2-5-14(19)12-25(13)20(26)23-17-9-8-15(21)11-16(17)22/h2-11,13H,12H2,1H3,(H,23,26)/t13-/m0/s1. The van der Waals surface area contributed by atoms with E-state index in [1.165, 1.54) is 6.07 Å². The van der Waals surface area contributed by atoms with Crippen LogP contribution in [0.3, 0.4) is 0 Å². The molecule has 6 heteroatoms. The summed E-state index contributed by atoms with van der Waals surface area (Å²) in [5, 5.41) is 2.70. The summed E-state index contributed by atoms with van der Waals surface area (Å²) in [5.41, 5.74) is 3.28. The van der Waals surface area contributed by atoms with E-state index in [-0.39, 0.29) is 17.8 Å². The SMILES string of the molecule is C[C@H]1c2cccn2-c2ccccc2CN1C(=O)Nc1ccc(Br)cc1F. The van der Waals surface area contributed by atoms with Crippen molar-refractivity contribution in [3.63, 3.8) is 0 Å². The largest absolute Gasteiger partial charge is 0.322 e. The predicted octanol–water partition coefficient (Wildman–Crippen LogP) is 5.49. The number of carbonyl (C=O) groups is 1. The summed E-state index contributed by atoms with van der Waals surface area (Å²) in [6.07, 6.45) is 2.00. The molecule has 1 N–H and O–H groups in total. The Bertz CT molecular complexity index is 985. The zero-order valence-corrected chi connectivity index (χ0v) is 15.7.